The van der Waals surface area contributed by atoms with E-state index in [9.17, 15) is 17.2 Å². The molecule has 0 fully saturated rings. The topological polar surface area (TPSA) is 73.2 Å². The van der Waals surface area contributed by atoms with Crippen LogP contribution < -0.4 is 10.1 Å². The lowest BCUT2D eigenvalue weighted by atomic mass is 10.1. The van der Waals surface area contributed by atoms with Crippen molar-refractivity contribution in [2.24, 2.45) is 0 Å². The number of rotatable bonds is 9. The maximum Gasteiger partial charge on any atom is 0.387 e. The Balaban J connectivity index is 1.90. The fourth-order valence-corrected chi connectivity index (χ4v) is 4.16. The number of aromatic nitrogens is 2. The van der Waals surface area contributed by atoms with Crippen molar-refractivity contribution in [1.29, 1.82) is 0 Å². The predicted octanol–water partition coefficient (Wildman–Crippen LogP) is 3.76. The number of nitrogens with zero attached hydrogens (tertiary/aromatic N) is 2. The van der Waals surface area contributed by atoms with Crippen molar-refractivity contribution in [2.75, 3.05) is 12.8 Å². The highest BCUT2D eigenvalue weighted by Crippen LogP contribution is 2.27. The lowest BCUT2D eigenvalue weighted by molar-refractivity contribution is -0.0498. The summed E-state index contributed by atoms with van der Waals surface area (Å²) in [6.45, 7) is -2.44. The summed E-state index contributed by atoms with van der Waals surface area (Å²) in [5, 5.41) is 2.99. The predicted molar refractivity (Wildman–Crippen MR) is 112 cm³/mol. The number of nitrogens with one attached hydrogen (secondary N) is 1. The quantitative estimate of drug-likeness (QED) is 0.556. The summed E-state index contributed by atoms with van der Waals surface area (Å²) >= 11 is 0. The first-order valence-corrected chi connectivity index (χ1v) is 10.7. The first kappa shape index (κ1) is 21.7. The summed E-state index contributed by atoms with van der Waals surface area (Å²) in [6.07, 6.45) is 8.09. The zero-order valence-corrected chi connectivity index (χ0v) is 17.0. The van der Waals surface area contributed by atoms with Gasteiger partial charge in [0.1, 0.15) is 5.75 Å². The molecule has 3 aromatic rings. The van der Waals surface area contributed by atoms with Crippen molar-refractivity contribution < 1.29 is 21.9 Å². The number of hydrogen-bond donors (Lipinski definition) is 1. The van der Waals surface area contributed by atoms with E-state index in [2.05, 4.69) is 15.0 Å². The van der Waals surface area contributed by atoms with E-state index in [0.717, 1.165) is 11.1 Å². The second-order valence-electron chi connectivity index (χ2n) is 6.43. The highest BCUT2D eigenvalue weighted by molar-refractivity contribution is 7.90. The Labute approximate surface area is 173 Å². The van der Waals surface area contributed by atoms with Crippen molar-refractivity contribution in [3.63, 3.8) is 0 Å². The molecule has 0 unspecified atom stereocenters. The van der Waals surface area contributed by atoms with Gasteiger partial charge in [-0.25, -0.2) is 12.4 Å². The van der Waals surface area contributed by atoms with Gasteiger partial charge in [0.2, 0.25) is 10.0 Å². The van der Waals surface area contributed by atoms with Crippen LogP contribution in [0.25, 0.3) is 17.3 Å². The van der Waals surface area contributed by atoms with E-state index in [0.29, 0.717) is 17.8 Å². The smallest absolute Gasteiger partial charge is 0.387 e. The highest BCUT2D eigenvalue weighted by atomic mass is 32.2. The average Bonchev–Trinajstić information content (AvgIpc) is 3.14. The third kappa shape index (κ3) is 5.52. The van der Waals surface area contributed by atoms with Crippen molar-refractivity contribution in [3.05, 3.63) is 78.3 Å². The molecule has 1 N–H and O–H groups in total. The molecule has 0 saturated carbocycles. The normalized spacial score (nSPS) is 12.0. The Morgan fingerprint density at radius 2 is 2.00 bits per heavy atom. The monoisotopic (exact) mass is 433 g/mol. The van der Waals surface area contributed by atoms with Gasteiger partial charge < -0.3 is 10.1 Å². The van der Waals surface area contributed by atoms with Crippen LogP contribution in [0.1, 0.15) is 11.1 Å². The Kier molecular flexibility index (Phi) is 6.96. The van der Waals surface area contributed by atoms with E-state index in [1.165, 1.54) is 16.1 Å². The second kappa shape index (κ2) is 9.64. The SMILES string of the molecule is CNCc1cc(-c2ccc(OC(F)F)cc2)n(S(=O)(=O)CC=Cc2cccnc2)c1. The summed E-state index contributed by atoms with van der Waals surface area (Å²) in [5.41, 5.74) is 2.59. The molecule has 9 heteroatoms. The minimum absolute atomic E-state index is 0.00423. The van der Waals surface area contributed by atoms with Crippen LogP contribution in [0.3, 0.4) is 0 Å². The van der Waals surface area contributed by atoms with E-state index >= 15 is 0 Å². The van der Waals surface area contributed by atoms with E-state index in [4.69, 9.17) is 0 Å². The molecule has 0 aliphatic rings. The Morgan fingerprint density at radius 1 is 1.23 bits per heavy atom. The number of halogens is 2. The molecular weight excluding hydrogens is 412 g/mol. The van der Waals surface area contributed by atoms with Crippen molar-refractivity contribution >= 4 is 16.1 Å². The van der Waals surface area contributed by atoms with Gasteiger partial charge in [0.25, 0.3) is 0 Å². The summed E-state index contributed by atoms with van der Waals surface area (Å²) in [6, 6.07) is 11.2. The van der Waals surface area contributed by atoms with Gasteiger partial charge in [-0.1, -0.05) is 18.2 Å². The second-order valence-corrected chi connectivity index (χ2v) is 8.32. The highest BCUT2D eigenvalue weighted by Gasteiger charge is 2.18. The fraction of sp³-hybridized carbons (Fsp3) is 0.190. The van der Waals surface area contributed by atoms with Gasteiger partial charge in [-0.3, -0.25) is 4.98 Å². The third-order valence-corrected chi connectivity index (χ3v) is 5.72. The van der Waals surface area contributed by atoms with Gasteiger partial charge in [0.15, 0.2) is 0 Å². The Bertz CT molecular complexity index is 1100. The van der Waals surface area contributed by atoms with Gasteiger partial charge in [-0.15, -0.1) is 0 Å². The van der Waals surface area contributed by atoms with Gasteiger partial charge in [0, 0.05) is 25.1 Å². The molecule has 0 bridgehead atoms. The molecule has 0 saturated heterocycles. The fourth-order valence-electron chi connectivity index (χ4n) is 2.91. The molecule has 0 atom stereocenters. The average molecular weight is 433 g/mol. The number of ether oxygens (including phenoxy) is 1. The van der Waals surface area contributed by atoms with Crippen LogP contribution in [-0.4, -0.2) is 36.8 Å². The lowest BCUT2D eigenvalue weighted by Gasteiger charge is -2.10. The number of alkyl halides is 2. The van der Waals surface area contributed by atoms with Crippen molar-refractivity contribution in [3.8, 4) is 17.0 Å². The number of hydrogen-bond acceptors (Lipinski definition) is 5. The first-order valence-electron chi connectivity index (χ1n) is 9.10. The Morgan fingerprint density at radius 3 is 2.63 bits per heavy atom. The molecular formula is C21H21F2N3O3S. The molecule has 158 valence electrons. The molecule has 0 aliphatic heterocycles. The third-order valence-electron chi connectivity index (χ3n) is 4.20. The molecule has 2 aromatic heterocycles. The first-order chi connectivity index (χ1) is 14.4. The van der Waals surface area contributed by atoms with Crippen molar-refractivity contribution in [2.45, 2.75) is 13.2 Å². The molecule has 0 spiro atoms. The summed E-state index contributed by atoms with van der Waals surface area (Å²) in [4.78, 5) is 3.99. The van der Waals surface area contributed by atoms with Gasteiger partial charge in [-0.05, 0) is 60.1 Å². The van der Waals surface area contributed by atoms with E-state index in [-0.39, 0.29) is 11.5 Å². The number of benzene rings is 1. The van der Waals surface area contributed by atoms with Crippen LogP contribution in [0.4, 0.5) is 8.78 Å². The maximum atomic E-state index is 13.0. The molecule has 0 aliphatic carbocycles. The van der Waals surface area contributed by atoms with Gasteiger partial charge in [0.05, 0.1) is 11.4 Å². The van der Waals surface area contributed by atoms with Crippen LogP contribution in [0.15, 0.2) is 67.1 Å². The van der Waals surface area contributed by atoms with Crippen LogP contribution in [0.2, 0.25) is 0 Å². The molecule has 1 aromatic carbocycles. The molecule has 0 radical (unpaired) electrons. The van der Waals surface area contributed by atoms with Crippen LogP contribution in [-0.2, 0) is 16.6 Å². The largest absolute Gasteiger partial charge is 0.435 e. The Hall–Kier alpha value is -3.04. The molecule has 30 heavy (non-hydrogen) atoms. The van der Waals surface area contributed by atoms with Gasteiger partial charge in [-0.2, -0.15) is 8.78 Å². The van der Waals surface area contributed by atoms with E-state index in [1.807, 2.05) is 6.07 Å². The van der Waals surface area contributed by atoms with Crippen molar-refractivity contribution in [1.82, 2.24) is 14.3 Å². The van der Waals surface area contributed by atoms with E-state index in [1.54, 1.807) is 62.1 Å². The van der Waals surface area contributed by atoms with Crippen LogP contribution in [0.5, 0.6) is 5.75 Å². The molecule has 6 nitrogen and oxygen atoms in total. The standard InChI is InChI=1S/C21H21F2N3O3S/c1-24-13-17-12-20(18-6-8-19(9-7-18)29-21(22)23)26(15-17)30(27,28)11-3-5-16-4-2-10-25-14-16/h2-10,12,14-15,21,24H,11,13H2,1H3. The molecule has 0 amide bonds. The minimum atomic E-state index is -3.71. The zero-order valence-electron chi connectivity index (χ0n) is 16.2. The maximum absolute atomic E-state index is 13.0. The van der Waals surface area contributed by atoms with Gasteiger partial charge >= 0.3 is 6.61 Å². The number of pyridine rings is 1. The summed E-state index contributed by atoms with van der Waals surface area (Å²) in [5.74, 6) is -0.209. The molecule has 3 rings (SSSR count). The summed E-state index contributed by atoms with van der Waals surface area (Å²) in [7, 11) is -1.94. The van der Waals surface area contributed by atoms with Crippen LogP contribution >= 0.6 is 0 Å². The van der Waals surface area contributed by atoms with E-state index < -0.39 is 16.6 Å². The lowest BCUT2D eigenvalue weighted by Crippen LogP contribution is -2.15. The molecule has 2 heterocycles. The minimum Gasteiger partial charge on any atom is -0.435 e. The summed E-state index contributed by atoms with van der Waals surface area (Å²) < 4.78 is 56.3. The zero-order chi connectivity index (χ0) is 21.6. The van der Waals surface area contributed by atoms with Crippen LogP contribution in [0, 0.1) is 0 Å².